The molecule has 0 atom stereocenters. The highest BCUT2D eigenvalue weighted by atomic mass is 16.4. The zero-order valence-electron chi connectivity index (χ0n) is 10.4. The number of amides is 1. The molecular formula is C13H21NO3. The third-order valence-electron chi connectivity index (χ3n) is 4.66. The Balaban J connectivity index is 1.88. The minimum absolute atomic E-state index is 0.133. The first kappa shape index (κ1) is 12.4. The zero-order chi connectivity index (χ0) is 12.5. The molecule has 1 spiro atoms. The van der Waals surface area contributed by atoms with Gasteiger partial charge >= 0.3 is 5.97 Å². The molecule has 0 radical (unpaired) electrons. The molecule has 17 heavy (non-hydrogen) atoms. The standard InChI is InChI=1S/C13H21NO3/c1-10(15)14-8-6-13(7-9-14)4-2-11(3-5-13)12(16)17/h11H,2-9H2,1H3,(H,16,17). The molecule has 2 aliphatic rings. The average molecular weight is 239 g/mol. The summed E-state index contributed by atoms with van der Waals surface area (Å²) in [5, 5.41) is 8.99. The van der Waals surface area contributed by atoms with Crippen molar-refractivity contribution < 1.29 is 14.7 Å². The van der Waals surface area contributed by atoms with Gasteiger partial charge in [-0.3, -0.25) is 9.59 Å². The minimum Gasteiger partial charge on any atom is -0.481 e. The van der Waals surface area contributed by atoms with Gasteiger partial charge in [0.1, 0.15) is 0 Å². The number of hydrogen-bond acceptors (Lipinski definition) is 2. The lowest BCUT2D eigenvalue weighted by molar-refractivity contribution is -0.144. The van der Waals surface area contributed by atoms with E-state index in [1.807, 2.05) is 4.90 Å². The lowest BCUT2D eigenvalue weighted by Gasteiger charge is -2.45. The van der Waals surface area contributed by atoms with Gasteiger partial charge in [0.15, 0.2) is 0 Å². The molecule has 2 fully saturated rings. The van der Waals surface area contributed by atoms with Crippen molar-refractivity contribution in [2.75, 3.05) is 13.1 Å². The first-order valence-electron chi connectivity index (χ1n) is 6.51. The smallest absolute Gasteiger partial charge is 0.306 e. The number of nitrogens with zero attached hydrogens (tertiary/aromatic N) is 1. The van der Waals surface area contributed by atoms with Gasteiger partial charge in [-0.25, -0.2) is 0 Å². The Hall–Kier alpha value is -1.06. The molecule has 0 aromatic carbocycles. The van der Waals surface area contributed by atoms with Crippen molar-refractivity contribution >= 4 is 11.9 Å². The van der Waals surface area contributed by atoms with Crippen LogP contribution in [0.15, 0.2) is 0 Å². The van der Waals surface area contributed by atoms with Crippen molar-refractivity contribution in [1.29, 1.82) is 0 Å². The van der Waals surface area contributed by atoms with Crippen molar-refractivity contribution in [1.82, 2.24) is 4.90 Å². The molecule has 1 N–H and O–H groups in total. The van der Waals surface area contributed by atoms with Crippen molar-refractivity contribution in [2.45, 2.75) is 45.4 Å². The number of carbonyl (C=O) groups is 2. The van der Waals surface area contributed by atoms with Gasteiger partial charge in [-0.05, 0) is 43.9 Å². The van der Waals surface area contributed by atoms with Crippen LogP contribution in [0.1, 0.15) is 45.4 Å². The monoisotopic (exact) mass is 239 g/mol. The maximum Gasteiger partial charge on any atom is 0.306 e. The van der Waals surface area contributed by atoms with E-state index in [1.165, 1.54) is 0 Å². The molecule has 0 aromatic rings. The Labute approximate surface area is 102 Å². The average Bonchev–Trinajstić information content (AvgIpc) is 2.30. The number of carbonyl (C=O) groups excluding carboxylic acids is 1. The molecule has 2 rings (SSSR count). The molecular weight excluding hydrogens is 218 g/mol. The highest BCUT2D eigenvalue weighted by molar-refractivity contribution is 5.73. The Kier molecular flexibility index (Phi) is 3.40. The van der Waals surface area contributed by atoms with E-state index in [4.69, 9.17) is 5.11 Å². The fraction of sp³-hybridized carbons (Fsp3) is 0.846. The second kappa shape index (κ2) is 4.67. The van der Waals surface area contributed by atoms with Crippen LogP contribution in [-0.2, 0) is 9.59 Å². The molecule has 96 valence electrons. The number of carboxylic acids is 1. The van der Waals surface area contributed by atoms with Crippen LogP contribution in [-0.4, -0.2) is 35.0 Å². The van der Waals surface area contributed by atoms with Gasteiger partial charge in [-0.1, -0.05) is 0 Å². The summed E-state index contributed by atoms with van der Waals surface area (Å²) in [6, 6.07) is 0. The van der Waals surface area contributed by atoms with Crippen LogP contribution in [0.3, 0.4) is 0 Å². The fourth-order valence-electron chi connectivity index (χ4n) is 3.27. The minimum atomic E-state index is -0.638. The molecule has 0 aromatic heterocycles. The van der Waals surface area contributed by atoms with Crippen molar-refractivity contribution in [3.05, 3.63) is 0 Å². The molecule has 1 saturated carbocycles. The quantitative estimate of drug-likeness (QED) is 0.760. The Bertz CT molecular complexity index is 275. The second-order valence-corrected chi connectivity index (χ2v) is 5.62. The van der Waals surface area contributed by atoms with Crippen LogP contribution in [0.5, 0.6) is 0 Å². The summed E-state index contributed by atoms with van der Waals surface area (Å²) >= 11 is 0. The molecule has 4 nitrogen and oxygen atoms in total. The molecule has 0 bridgehead atoms. The van der Waals surface area contributed by atoms with E-state index in [0.717, 1.165) is 51.6 Å². The molecule has 0 unspecified atom stereocenters. The van der Waals surface area contributed by atoms with E-state index < -0.39 is 5.97 Å². The van der Waals surface area contributed by atoms with Crippen LogP contribution in [0, 0.1) is 11.3 Å². The van der Waals surface area contributed by atoms with E-state index in [0.29, 0.717) is 5.41 Å². The first-order chi connectivity index (χ1) is 8.02. The van der Waals surface area contributed by atoms with Crippen molar-refractivity contribution in [3.8, 4) is 0 Å². The lowest BCUT2D eigenvalue weighted by atomic mass is 9.65. The van der Waals surface area contributed by atoms with Gasteiger partial charge < -0.3 is 10.0 Å². The predicted molar refractivity (Wildman–Crippen MR) is 63.5 cm³/mol. The fourth-order valence-corrected chi connectivity index (χ4v) is 3.27. The molecule has 1 aliphatic carbocycles. The maximum atomic E-state index is 11.3. The van der Waals surface area contributed by atoms with Gasteiger partial charge in [0, 0.05) is 20.0 Å². The van der Waals surface area contributed by atoms with Crippen LogP contribution < -0.4 is 0 Å². The Morgan fingerprint density at radius 1 is 1.12 bits per heavy atom. The van der Waals surface area contributed by atoms with E-state index in [1.54, 1.807) is 6.92 Å². The number of hydrogen-bond donors (Lipinski definition) is 1. The molecule has 1 heterocycles. The topological polar surface area (TPSA) is 57.6 Å². The summed E-state index contributed by atoms with van der Waals surface area (Å²) in [6.07, 6.45) is 5.79. The highest BCUT2D eigenvalue weighted by Gasteiger charge is 2.39. The predicted octanol–water partition coefficient (Wildman–Crippen LogP) is 1.89. The normalized spacial score (nSPS) is 24.9. The first-order valence-corrected chi connectivity index (χ1v) is 6.51. The summed E-state index contributed by atoms with van der Waals surface area (Å²) in [7, 11) is 0. The van der Waals surface area contributed by atoms with Crippen LogP contribution in [0.4, 0.5) is 0 Å². The molecule has 4 heteroatoms. The molecule has 1 saturated heterocycles. The number of carboxylic acid groups (broad SMARTS) is 1. The van der Waals surface area contributed by atoms with E-state index in [9.17, 15) is 9.59 Å². The van der Waals surface area contributed by atoms with Gasteiger partial charge in [-0.2, -0.15) is 0 Å². The van der Waals surface area contributed by atoms with Gasteiger partial charge in [0.2, 0.25) is 5.91 Å². The summed E-state index contributed by atoms with van der Waals surface area (Å²) in [4.78, 5) is 24.1. The van der Waals surface area contributed by atoms with Crippen molar-refractivity contribution in [2.24, 2.45) is 11.3 Å². The van der Waals surface area contributed by atoms with Gasteiger partial charge in [0.05, 0.1) is 5.92 Å². The number of piperidine rings is 1. The number of likely N-dealkylation sites (tertiary alicyclic amines) is 1. The Morgan fingerprint density at radius 3 is 2.06 bits per heavy atom. The van der Waals surface area contributed by atoms with Gasteiger partial charge in [0.25, 0.3) is 0 Å². The van der Waals surface area contributed by atoms with E-state index >= 15 is 0 Å². The highest BCUT2D eigenvalue weighted by Crippen LogP contribution is 2.46. The van der Waals surface area contributed by atoms with Crippen molar-refractivity contribution in [3.63, 3.8) is 0 Å². The number of rotatable bonds is 1. The maximum absolute atomic E-state index is 11.3. The number of aliphatic carboxylic acids is 1. The summed E-state index contributed by atoms with van der Waals surface area (Å²) in [6.45, 7) is 3.33. The lowest BCUT2D eigenvalue weighted by Crippen LogP contribution is -2.44. The van der Waals surface area contributed by atoms with Crippen LogP contribution >= 0.6 is 0 Å². The largest absolute Gasteiger partial charge is 0.481 e. The third kappa shape index (κ3) is 2.61. The van der Waals surface area contributed by atoms with E-state index in [2.05, 4.69) is 0 Å². The third-order valence-corrected chi connectivity index (χ3v) is 4.66. The molecule has 1 amide bonds. The summed E-state index contributed by atoms with van der Waals surface area (Å²) in [5.74, 6) is -0.605. The molecule has 1 aliphatic heterocycles. The van der Waals surface area contributed by atoms with Crippen LogP contribution in [0.2, 0.25) is 0 Å². The second-order valence-electron chi connectivity index (χ2n) is 5.62. The summed E-state index contributed by atoms with van der Waals surface area (Å²) < 4.78 is 0. The van der Waals surface area contributed by atoms with Crippen LogP contribution in [0.25, 0.3) is 0 Å². The summed E-state index contributed by atoms with van der Waals surface area (Å²) in [5.41, 5.74) is 0.331. The van der Waals surface area contributed by atoms with E-state index in [-0.39, 0.29) is 11.8 Å². The SMILES string of the molecule is CC(=O)N1CCC2(CCC(C(=O)O)CC2)CC1. The Morgan fingerprint density at radius 2 is 1.65 bits per heavy atom. The van der Waals surface area contributed by atoms with Gasteiger partial charge in [-0.15, -0.1) is 0 Å². The zero-order valence-corrected chi connectivity index (χ0v) is 10.4.